The normalized spacial score (nSPS) is 19.8. The molecule has 1 heterocycles. The fraction of sp³-hybridized carbons (Fsp3) is 0.594. The van der Waals surface area contributed by atoms with Crippen LogP contribution in [0, 0.1) is 5.41 Å². The zero-order chi connectivity index (χ0) is 33.0. The van der Waals surface area contributed by atoms with E-state index in [2.05, 4.69) is 95.8 Å². The number of rotatable bonds is 8. The van der Waals surface area contributed by atoms with E-state index >= 15 is 0 Å². The summed E-state index contributed by atoms with van der Waals surface area (Å²) in [6, 6.07) is 8.57. The number of alkyl halides is 3. The van der Waals surface area contributed by atoms with E-state index in [4.69, 9.17) is 27.2 Å². The lowest BCUT2D eigenvalue weighted by Crippen LogP contribution is -2.58. The van der Waals surface area contributed by atoms with Gasteiger partial charge in [0, 0.05) is 42.2 Å². The molecule has 11 heteroatoms. The third-order valence-electron chi connectivity index (χ3n) is 7.42. The van der Waals surface area contributed by atoms with Crippen LogP contribution < -0.4 is 18.8 Å². The number of aromatic nitrogens is 1. The van der Waals surface area contributed by atoms with Crippen molar-refractivity contribution >= 4 is 16.2 Å². The fourth-order valence-electron chi connectivity index (χ4n) is 5.49. The Kier molecular flexibility index (Phi) is 11.8. The molecular weight excluding hydrogens is 583 g/mol. The summed E-state index contributed by atoms with van der Waals surface area (Å²) < 4.78 is 80.1. The molecule has 0 saturated heterocycles. The molecule has 1 aliphatic carbocycles. The maximum Gasteiger partial charge on any atom is 0.485 e. The van der Waals surface area contributed by atoms with Crippen LogP contribution >= 0.6 is 0 Å². The van der Waals surface area contributed by atoms with Gasteiger partial charge in [-0.1, -0.05) is 33.8 Å². The zero-order valence-corrected chi connectivity index (χ0v) is 27.7. The lowest BCUT2D eigenvalue weighted by atomic mass is 9.64. The average Bonchev–Trinajstić information content (AvgIpc) is 2.86. The van der Waals surface area contributed by atoms with Gasteiger partial charge in [-0.15, -0.1) is 0 Å². The summed E-state index contributed by atoms with van der Waals surface area (Å²) >= 11 is 0. The molecule has 0 radical (unpaired) electrons. The Balaban J connectivity index is 0.000000708. The van der Waals surface area contributed by atoms with Crippen LogP contribution in [0.25, 0.3) is 6.08 Å². The largest absolute Gasteiger partial charge is 0.741 e. The Bertz CT molecular complexity index is 1370. The van der Waals surface area contributed by atoms with Gasteiger partial charge in [-0.25, -0.2) is 8.42 Å². The topological polar surface area (TPSA) is 88.8 Å². The number of hydrogen-bond acceptors (Lipinski definition) is 6. The van der Waals surface area contributed by atoms with Gasteiger partial charge in [-0.3, -0.25) is 0 Å². The minimum Gasteiger partial charge on any atom is -0.741 e. The minimum absolute atomic E-state index is 0.00223. The number of nitrogens with zero attached hydrogens (tertiary/aromatic N) is 1. The lowest BCUT2D eigenvalue weighted by Gasteiger charge is -2.42. The van der Waals surface area contributed by atoms with Gasteiger partial charge in [-0.05, 0) is 64.0 Å². The molecule has 7 nitrogen and oxygen atoms in total. The monoisotopic (exact) mass is 629 g/mol. The molecule has 0 N–H and O–H groups in total. The van der Waals surface area contributed by atoms with Crippen LogP contribution in [0.4, 0.5) is 13.2 Å². The maximum atomic E-state index is 10.7. The third-order valence-corrected chi connectivity index (χ3v) is 7.99. The molecule has 3 rings (SSSR count). The Hall–Kier alpha value is -2.79. The summed E-state index contributed by atoms with van der Waals surface area (Å²) in [6.07, 6.45) is 10.2. The molecule has 1 fully saturated rings. The van der Waals surface area contributed by atoms with Gasteiger partial charge < -0.3 is 18.8 Å². The first-order chi connectivity index (χ1) is 19.7. The maximum absolute atomic E-state index is 10.7. The molecule has 0 spiro atoms. The molecule has 1 aromatic heterocycles. The second-order valence-corrected chi connectivity index (χ2v) is 13.9. The van der Waals surface area contributed by atoms with E-state index in [0.717, 1.165) is 35.5 Å². The van der Waals surface area contributed by atoms with Gasteiger partial charge in [-0.2, -0.15) is 17.7 Å². The summed E-state index contributed by atoms with van der Waals surface area (Å²) in [5, 5.41) is 0. The molecule has 0 aliphatic heterocycles. The Labute approximate surface area is 254 Å². The molecule has 1 atom stereocenters. The highest BCUT2D eigenvalue weighted by atomic mass is 32.2. The van der Waals surface area contributed by atoms with Crippen LogP contribution in [-0.4, -0.2) is 37.8 Å². The predicted octanol–water partition coefficient (Wildman–Crippen LogP) is 7.74. The highest BCUT2D eigenvalue weighted by Crippen LogP contribution is 2.51. The van der Waals surface area contributed by atoms with Crippen molar-refractivity contribution in [3.05, 3.63) is 53.4 Å². The minimum atomic E-state index is -6.09. The first-order valence-corrected chi connectivity index (χ1v) is 15.9. The predicted molar refractivity (Wildman–Crippen MR) is 160 cm³/mol. The van der Waals surface area contributed by atoms with Crippen molar-refractivity contribution in [1.29, 1.82) is 0 Å². The first kappa shape index (κ1) is 36.4. The molecule has 43 heavy (non-hydrogen) atoms. The van der Waals surface area contributed by atoms with Crippen molar-refractivity contribution in [2.45, 2.75) is 111 Å². The number of allylic oxidation sites excluding steroid dienone is 1. The molecule has 1 aliphatic rings. The van der Waals surface area contributed by atoms with Crippen molar-refractivity contribution < 1.29 is 44.9 Å². The summed E-state index contributed by atoms with van der Waals surface area (Å²) in [5.41, 5.74) is -2.12. The van der Waals surface area contributed by atoms with E-state index < -0.39 is 15.6 Å². The number of hydrogen-bond donors (Lipinski definition) is 0. The number of halogens is 3. The summed E-state index contributed by atoms with van der Waals surface area (Å²) in [7, 11) is -4.36. The second-order valence-electron chi connectivity index (χ2n) is 12.5. The number of pyridine rings is 1. The van der Waals surface area contributed by atoms with Gasteiger partial charge in [0.05, 0.1) is 19.3 Å². The van der Waals surface area contributed by atoms with Gasteiger partial charge in [0.25, 0.3) is 0 Å². The average molecular weight is 630 g/mol. The Morgan fingerprint density at radius 1 is 0.907 bits per heavy atom. The van der Waals surface area contributed by atoms with Crippen molar-refractivity contribution in [3.8, 4) is 17.2 Å². The van der Waals surface area contributed by atoms with E-state index in [1.54, 1.807) is 7.11 Å². The van der Waals surface area contributed by atoms with Crippen LogP contribution in [0.1, 0.15) is 98.6 Å². The molecule has 2 aromatic rings. The van der Waals surface area contributed by atoms with Crippen LogP contribution in [-0.2, 0) is 15.7 Å². The fourth-order valence-corrected chi connectivity index (χ4v) is 5.49. The van der Waals surface area contributed by atoms with Crippen molar-refractivity contribution in [2.75, 3.05) is 7.11 Å². The Morgan fingerprint density at radius 3 is 1.86 bits per heavy atom. The van der Waals surface area contributed by atoms with E-state index in [9.17, 15) is 13.2 Å². The van der Waals surface area contributed by atoms with Gasteiger partial charge in [0.15, 0.2) is 39.5 Å². The number of benzene rings is 1. The SMILES string of the molecule is COc1c(/C=C2/C(C)(C)CCCC2(C)[n+]2ccccc2)cc(C(C)C)c(OC(C)C)c1OC(C)C.O=S(=O)([O-])C(F)(F)F. The first-order valence-electron chi connectivity index (χ1n) is 14.5. The Morgan fingerprint density at radius 2 is 1.42 bits per heavy atom. The molecule has 242 valence electrons. The van der Waals surface area contributed by atoms with Crippen molar-refractivity contribution in [2.24, 2.45) is 5.41 Å². The second kappa shape index (κ2) is 13.9. The molecule has 1 unspecified atom stereocenters. The molecule has 1 aromatic carbocycles. The lowest BCUT2D eigenvalue weighted by molar-refractivity contribution is -0.755. The molecular formula is C32H46F3NO6S. The third kappa shape index (κ3) is 8.88. The number of ether oxygens (including phenoxy) is 3. The van der Waals surface area contributed by atoms with Gasteiger partial charge >= 0.3 is 5.51 Å². The van der Waals surface area contributed by atoms with E-state index in [1.807, 2.05) is 13.8 Å². The quantitative estimate of drug-likeness (QED) is 0.169. The van der Waals surface area contributed by atoms with E-state index in [0.29, 0.717) is 5.75 Å². The summed E-state index contributed by atoms with van der Waals surface area (Å²) in [5.74, 6) is 2.52. The van der Waals surface area contributed by atoms with Gasteiger partial charge in [0.2, 0.25) is 5.75 Å². The summed E-state index contributed by atoms with van der Waals surface area (Å²) in [4.78, 5) is 0. The van der Waals surface area contributed by atoms with Crippen molar-refractivity contribution in [3.63, 3.8) is 0 Å². The van der Waals surface area contributed by atoms with E-state index in [1.165, 1.54) is 12.0 Å². The van der Waals surface area contributed by atoms with Crippen LogP contribution in [0.15, 0.2) is 42.2 Å². The van der Waals surface area contributed by atoms with E-state index in [-0.39, 0.29) is 29.1 Å². The standard InChI is InChI=1S/C31H46NO3.CHF3O3S/c1-21(2)25-19-24(27(33-10)29(35-23(5)6)28(25)34-22(3)4)20-26-30(7,8)15-14-16-31(26,9)32-17-12-11-13-18-32;2-1(3,4)8(5,6)7/h11-13,17-23H,14-16H2,1-10H3;(H,5,6,7)/q+1;/p-1/b26-20-;. The van der Waals surface area contributed by atoms with Crippen LogP contribution in [0.5, 0.6) is 17.2 Å². The molecule has 1 saturated carbocycles. The highest BCUT2D eigenvalue weighted by Gasteiger charge is 2.48. The smallest absolute Gasteiger partial charge is 0.485 e. The van der Waals surface area contributed by atoms with Crippen molar-refractivity contribution in [1.82, 2.24) is 0 Å². The highest BCUT2D eigenvalue weighted by molar-refractivity contribution is 7.86. The van der Waals surface area contributed by atoms with Crippen LogP contribution in [0.3, 0.4) is 0 Å². The zero-order valence-electron chi connectivity index (χ0n) is 26.8. The number of methoxy groups -OCH3 is 1. The van der Waals surface area contributed by atoms with Crippen LogP contribution in [0.2, 0.25) is 0 Å². The summed E-state index contributed by atoms with van der Waals surface area (Å²) in [6.45, 7) is 19.7. The molecule has 0 bridgehead atoms. The van der Waals surface area contributed by atoms with Gasteiger partial charge in [0.1, 0.15) is 0 Å². The molecule has 0 amide bonds.